The van der Waals surface area contributed by atoms with Crippen LogP contribution in [0.5, 0.6) is 0 Å². The molecule has 2 aromatic heterocycles. The van der Waals surface area contributed by atoms with Crippen molar-refractivity contribution in [3.05, 3.63) is 35.2 Å². The van der Waals surface area contributed by atoms with Crippen molar-refractivity contribution in [3.8, 4) is 11.5 Å². The molecule has 0 aliphatic rings. The van der Waals surface area contributed by atoms with Gasteiger partial charge in [0.05, 0.1) is 0 Å². The number of aryl methyl sites for hydroxylation is 1. The minimum atomic E-state index is 0.839. The Bertz CT molecular complexity index is 451. The van der Waals surface area contributed by atoms with Crippen LogP contribution in [-0.4, -0.2) is 14.5 Å². The van der Waals surface area contributed by atoms with Crippen LogP contribution in [0.1, 0.15) is 13.3 Å². The fourth-order valence-electron chi connectivity index (χ4n) is 1.50. The predicted molar refractivity (Wildman–Crippen MR) is 63.4 cm³/mol. The topological polar surface area (TPSA) is 30.7 Å². The number of pyridine rings is 1. The Hall–Kier alpha value is -1.16. The average molecular weight is 266 g/mol. The van der Waals surface area contributed by atoms with E-state index in [9.17, 15) is 0 Å². The molecular weight excluding hydrogens is 254 g/mol. The smallest absolute Gasteiger partial charge is 0.158 e. The lowest BCUT2D eigenvalue weighted by Gasteiger charge is -2.05. The Kier molecular flexibility index (Phi) is 3.16. The van der Waals surface area contributed by atoms with Crippen LogP contribution < -0.4 is 0 Å². The summed E-state index contributed by atoms with van der Waals surface area (Å²) in [6, 6.07) is 5.85. The highest BCUT2D eigenvalue weighted by Crippen LogP contribution is 2.17. The van der Waals surface area contributed by atoms with E-state index in [2.05, 4.69) is 37.4 Å². The van der Waals surface area contributed by atoms with Gasteiger partial charge < -0.3 is 4.57 Å². The van der Waals surface area contributed by atoms with Crippen molar-refractivity contribution in [2.45, 2.75) is 19.9 Å². The molecule has 0 fully saturated rings. The number of hydrogen-bond acceptors (Lipinski definition) is 2. The fourth-order valence-corrected chi connectivity index (χ4v) is 1.84. The molecule has 0 aromatic carbocycles. The van der Waals surface area contributed by atoms with Crippen molar-refractivity contribution in [3.63, 3.8) is 0 Å². The summed E-state index contributed by atoms with van der Waals surface area (Å²) < 4.78 is 2.96. The highest BCUT2D eigenvalue weighted by molar-refractivity contribution is 9.10. The van der Waals surface area contributed by atoms with Crippen molar-refractivity contribution < 1.29 is 0 Å². The summed E-state index contributed by atoms with van der Waals surface area (Å²) in [4.78, 5) is 8.72. The summed E-state index contributed by atoms with van der Waals surface area (Å²) in [5, 5.41) is 0. The van der Waals surface area contributed by atoms with Crippen LogP contribution in [0.4, 0.5) is 0 Å². The van der Waals surface area contributed by atoms with Gasteiger partial charge in [-0.3, -0.25) is 0 Å². The zero-order valence-electron chi connectivity index (χ0n) is 8.52. The molecule has 2 rings (SSSR count). The van der Waals surface area contributed by atoms with E-state index in [0.717, 1.165) is 29.1 Å². The van der Waals surface area contributed by atoms with Gasteiger partial charge >= 0.3 is 0 Å². The minimum absolute atomic E-state index is 0.839. The van der Waals surface area contributed by atoms with E-state index in [0.29, 0.717) is 0 Å². The third-order valence-corrected chi connectivity index (χ3v) is 2.57. The first-order chi connectivity index (χ1) is 7.31. The maximum Gasteiger partial charge on any atom is 0.158 e. The van der Waals surface area contributed by atoms with Gasteiger partial charge in [-0.1, -0.05) is 13.0 Å². The lowest BCUT2D eigenvalue weighted by atomic mass is 10.3. The van der Waals surface area contributed by atoms with Gasteiger partial charge in [0, 0.05) is 18.9 Å². The molecule has 0 aliphatic carbocycles. The van der Waals surface area contributed by atoms with Crippen LogP contribution in [0, 0.1) is 0 Å². The monoisotopic (exact) mass is 265 g/mol. The molecule has 0 aliphatic heterocycles. The Morgan fingerprint density at radius 1 is 1.40 bits per heavy atom. The predicted octanol–water partition coefficient (Wildman–Crippen LogP) is 3.12. The molecule has 0 spiro atoms. The zero-order valence-corrected chi connectivity index (χ0v) is 10.1. The first-order valence-electron chi connectivity index (χ1n) is 4.95. The van der Waals surface area contributed by atoms with E-state index >= 15 is 0 Å². The first kappa shape index (κ1) is 10.4. The summed E-state index contributed by atoms with van der Waals surface area (Å²) >= 11 is 3.36. The highest BCUT2D eigenvalue weighted by atomic mass is 79.9. The molecule has 4 heteroatoms. The number of hydrogen-bond donors (Lipinski definition) is 0. The normalized spacial score (nSPS) is 10.5. The van der Waals surface area contributed by atoms with Crippen molar-refractivity contribution >= 4 is 15.9 Å². The second-order valence-electron chi connectivity index (χ2n) is 3.29. The summed E-state index contributed by atoms with van der Waals surface area (Å²) in [5.41, 5.74) is 0.905. The minimum Gasteiger partial charge on any atom is -0.330 e. The lowest BCUT2D eigenvalue weighted by Crippen LogP contribution is -1.99. The molecule has 0 saturated heterocycles. The Morgan fingerprint density at radius 3 is 3.00 bits per heavy atom. The molecule has 15 heavy (non-hydrogen) atoms. The van der Waals surface area contributed by atoms with E-state index in [4.69, 9.17) is 0 Å². The number of imidazole rings is 1. The third-order valence-electron chi connectivity index (χ3n) is 2.12. The van der Waals surface area contributed by atoms with Crippen molar-refractivity contribution in [1.29, 1.82) is 0 Å². The summed E-state index contributed by atoms with van der Waals surface area (Å²) in [6.45, 7) is 3.13. The summed E-state index contributed by atoms with van der Waals surface area (Å²) in [5.74, 6) is 0.929. The molecule has 2 aromatic rings. The van der Waals surface area contributed by atoms with Gasteiger partial charge in [-0.05, 0) is 34.5 Å². The standard InChI is InChI=1S/C11H12BrN3/c1-2-7-15-8-6-13-11(15)9-4-3-5-10(12)14-9/h3-6,8H,2,7H2,1H3. The second kappa shape index (κ2) is 4.57. The molecule has 0 unspecified atom stereocenters. The van der Waals surface area contributed by atoms with Gasteiger partial charge in [0.1, 0.15) is 10.3 Å². The molecule has 78 valence electrons. The fraction of sp³-hybridized carbons (Fsp3) is 0.273. The van der Waals surface area contributed by atoms with E-state index in [1.165, 1.54) is 0 Å². The number of nitrogens with zero attached hydrogens (tertiary/aromatic N) is 3. The lowest BCUT2D eigenvalue weighted by molar-refractivity contribution is 0.684. The van der Waals surface area contributed by atoms with Crippen LogP contribution in [0.25, 0.3) is 11.5 Å². The first-order valence-corrected chi connectivity index (χ1v) is 5.74. The Morgan fingerprint density at radius 2 is 2.27 bits per heavy atom. The molecule has 0 bridgehead atoms. The maximum atomic E-state index is 4.39. The largest absolute Gasteiger partial charge is 0.330 e. The van der Waals surface area contributed by atoms with Gasteiger partial charge in [-0.25, -0.2) is 9.97 Å². The SMILES string of the molecule is CCCn1ccnc1-c1cccc(Br)n1. The second-order valence-corrected chi connectivity index (χ2v) is 4.10. The van der Waals surface area contributed by atoms with Crippen LogP contribution >= 0.6 is 15.9 Å². The Labute approximate surface area is 97.3 Å². The number of aromatic nitrogens is 3. The van der Waals surface area contributed by atoms with Gasteiger partial charge in [0.2, 0.25) is 0 Å². The van der Waals surface area contributed by atoms with Crippen molar-refractivity contribution in [2.24, 2.45) is 0 Å². The molecule has 3 nitrogen and oxygen atoms in total. The maximum absolute atomic E-state index is 4.39. The quantitative estimate of drug-likeness (QED) is 0.799. The summed E-state index contributed by atoms with van der Waals surface area (Å²) in [6.07, 6.45) is 4.90. The van der Waals surface area contributed by atoms with Gasteiger partial charge in [-0.15, -0.1) is 0 Å². The molecule has 0 N–H and O–H groups in total. The van der Waals surface area contributed by atoms with E-state index in [1.807, 2.05) is 30.6 Å². The molecule has 2 heterocycles. The van der Waals surface area contributed by atoms with Crippen LogP contribution in [0.15, 0.2) is 35.2 Å². The van der Waals surface area contributed by atoms with Crippen molar-refractivity contribution in [2.75, 3.05) is 0 Å². The zero-order chi connectivity index (χ0) is 10.7. The third kappa shape index (κ3) is 2.26. The number of halogens is 1. The average Bonchev–Trinajstić information content (AvgIpc) is 2.66. The van der Waals surface area contributed by atoms with E-state index < -0.39 is 0 Å². The Balaban J connectivity index is 2.40. The molecule has 0 radical (unpaired) electrons. The number of rotatable bonds is 3. The van der Waals surface area contributed by atoms with Gasteiger partial charge in [0.25, 0.3) is 0 Å². The molecule has 0 amide bonds. The highest BCUT2D eigenvalue weighted by Gasteiger charge is 2.06. The van der Waals surface area contributed by atoms with Gasteiger partial charge in [-0.2, -0.15) is 0 Å². The molecular formula is C11H12BrN3. The molecule has 0 saturated carbocycles. The van der Waals surface area contributed by atoms with Crippen LogP contribution in [-0.2, 0) is 6.54 Å². The van der Waals surface area contributed by atoms with E-state index in [1.54, 1.807) is 0 Å². The molecule has 0 atom stereocenters. The van der Waals surface area contributed by atoms with Crippen LogP contribution in [0.2, 0.25) is 0 Å². The summed E-state index contributed by atoms with van der Waals surface area (Å²) in [7, 11) is 0. The van der Waals surface area contributed by atoms with Gasteiger partial charge in [0.15, 0.2) is 5.82 Å². The van der Waals surface area contributed by atoms with Crippen LogP contribution in [0.3, 0.4) is 0 Å². The van der Waals surface area contributed by atoms with E-state index in [-0.39, 0.29) is 0 Å². The van der Waals surface area contributed by atoms with Crippen molar-refractivity contribution in [1.82, 2.24) is 14.5 Å².